The Labute approximate surface area is 166 Å². The van der Waals surface area contributed by atoms with Crippen LogP contribution in [0, 0.1) is 0 Å². The second kappa shape index (κ2) is 6.79. The van der Waals surface area contributed by atoms with Crippen LogP contribution in [0.25, 0.3) is 27.5 Å². The Morgan fingerprint density at radius 3 is 2.79 bits per heavy atom. The molecule has 5 rings (SSSR count). The first-order valence-corrected chi connectivity index (χ1v) is 9.23. The van der Waals surface area contributed by atoms with E-state index in [9.17, 15) is 4.79 Å². The fraction of sp³-hybridized carbons (Fsp3) is 0.0455. The Morgan fingerprint density at radius 1 is 1.00 bits per heavy atom. The maximum absolute atomic E-state index is 11.4. The van der Waals surface area contributed by atoms with Crippen molar-refractivity contribution in [1.29, 1.82) is 0 Å². The molecule has 2 aromatic heterocycles. The standard InChI is InChI=1S/C22H18N6O/c1-14(29)24-16-5-4-6-18(12-16)28-21-8-3-2-7-19(21)22(27-28)25-17-9-10-20-15(11-17)13-23-26-20/h2-13H,1H3,(H,23,26)(H,24,29)(H,25,27). The fourth-order valence-corrected chi connectivity index (χ4v) is 3.43. The number of nitrogens with zero attached hydrogens (tertiary/aromatic N) is 3. The summed E-state index contributed by atoms with van der Waals surface area (Å²) in [4.78, 5) is 11.4. The summed E-state index contributed by atoms with van der Waals surface area (Å²) < 4.78 is 1.87. The highest BCUT2D eigenvalue weighted by Crippen LogP contribution is 2.29. The highest BCUT2D eigenvalue weighted by molar-refractivity contribution is 5.94. The SMILES string of the molecule is CC(=O)Nc1cccc(-n2nc(Nc3ccc4[nH]ncc4c3)c3ccccc32)c1. The van der Waals surface area contributed by atoms with Crippen LogP contribution >= 0.6 is 0 Å². The number of nitrogens with one attached hydrogen (secondary N) is 3. The van der Waals surface area contributed by atoms with Crippen LogP contribution in [0.2, 0.25) is 0 Å². The molecule has 5 aromatic rings. The van der Waals surface area contributed by atoms with Gasteiger partial charge in [0.1, 0.15) is 0 Å². The predicted octanol–water partition coefficient (Wildman–Crippen LogP) is 4.60. The van der Waals surface area contributed by atoms with Gasteiger partial charge in [-0.3, -0.25) is 9.89 Å². The van der Waals surface area contributed by atoms with E-state index in [1.165, 1.54) is 6.92 Å². The summed E-state index contributed by atoms with van der Waals surface area (Å²) in [5.41, 5.74) is 4.49. The van der Waals surface area contributed by atoms with Gasteiger partial charge in [0, 0.05) is 29.1 Å². The summed E-state index contributed by atoms with van der Waals surface area (Å²) in [7, 11) is 0. The van der Waals surface area contributed by atoms with E-state index in [0.29, 0.717) is 0 Å². The Balaban J connectivity index is 1.58. The van der Waals surface area contributed by atoms with Crippen molar-refractivity contribution in [2.45, 2.75) is 6.92 Å². The number of aromatic amines is 1. The molecule has 0 bridgehead atoms. The zero-order valence-corrected chi connectivity index (χ0v) is 15.7. The second-order valence-electron chi connectivity index (χ2n) is 6.81. The summed E-state index contributed by atoms with van der Waals surface area (Å²) in [6, 6.07) is 21.7. The van der Waals surface area contributed by atoms with Gasteiger partial charge in [-0.15, -0.1) is 5.10 Å². The van der Waals surface area contributed by atoms with Gasteiger partial charge < -0.3 is 10.6 Å². The van der Waals surface area contributed by atoms with Gasteiger partial charge in [-0.05, 0) is 48.5 Å². The number of carbonyl (C=O) groups is 1. The third-order valence-corrected chi connectivity index (χ3v) is 4.70. The molecule has 0 saturated carbocycles. The minimum absolute atomic E-state index is 0.107. The van der Waals surface area contributed by atoms with Crippen molar-refractivity contribution in [1.82, 2.24) is 20.0 Å². The van der Waals surface area contributed by atoms with E-state index in [-0.39, 0.29) is 5.91 Å². The molecule has 0 aliphatic rings. The zero-order valence-electron chi connectivity index (χ0n) is 15.7. The molecule has 1 amide bonds. The Kier molecular flexibility index (Phi) is 3.98. The number of fused-ring (bicyclic) bond motifs is 2. The van der Waals surface area contributed by atoms with E-state index in [0.717, 1.165) is 44.7 Å². The van der Waals surface area contributed by atoms with Gasteiger partial charge in [0.25, 0.3) is 0 Å². The molecular formula is C22H18N6O. The van der Waals surface area contributed by atoms with Crippen LogP contribution < -0.4 is 10.6 Å². The van der Waals surface area contributed by atoms with Crippen LogP contribution in [-0.2, 0) is 4.79 Å². The lowest BCUT2D eigenvalue weighted by Gasteiger charge is -2.07. The van der Waals surface area contributed by atoms with Crippen molar-refractivity contribution in [3.63, 3.8) is 0 Å². The van der Waals surface area contributed by atoms with Gasteiger partial charge in [0.2, 0.25) is 5.91 Å². The van der Waals surface area contributed by atoms with Crippen LogP contribution in [0.1, 0.15) is 6.92 Å². The predicted molar refractivity (Wildman–Crippen MR) is 115 cm³/mol. The van der Waals surface area contributed by atoms with Gasteiger partial charge in [-0.25, -0.2) is 4.68 Å². The lowest BCUT2D eigenvalue weighted by atomic mass is 10.2. The smallest absolute Gasteiger partial charge is 0.221 e. The number of hydrogen-bond donors (Lipinski definition) is 3. The maximum Gasteiger partial charge on any atom is 0.221 e. The van der Waals surface area contributed by atoms with E-state index >= 15 is 0 Å². The van der Waals surface area contributed by atoms with Gasteiger partial charge >= 0.3 is 0 Å². The third kappa shape index (κ3) is 3.19. The van der Waals surface area contributed by atoms with E-state index < -0.39 is 0 Å². The minimum Gasteiger partial charge on any atom is -0.338 e. The van der Waals surface area contributed by atoms with Crippen molar-refractivity contribution >= 4 is 44.9 Å². The molecular weight excluding hydrogens is 364 g/mol. The van der Waals surface area contributed by atoms with Gasteiger partial charge in [-0.2, -0.15) is 5.10 Å². The van der Waals surface area contributed by atoms with Crippen LogP contribution in [0.4, 0.5) is 17.2 Å². The molecule has 7 nitrogen and oxygen atoms in total. The molecule has 142 valence electrons. The minimum atomic E-state index is -0.107. The van der Waals surface area contributed by atoms with Crippen molar-refractivity contribution < 1.29 is 4.79 Å². The number of anilines is 3. The average molecular weight is 382 g/mol. The zero-order chi connectivity index (χ0) is 19.8. The van der Waals surface area contributed by atoms with E-state index in [4.69, 9.17) is 5.10 Å². The molecule has 29 heavy (non-hydrogen) atoms. The number of H-pyrrole nitrogens is 1. The number of aromatic nitrogens is 4. The number of para-hydroxylation sites is 1. The van der Waals surface area contributed by atoms with E-state index in [1.807, 2.05) is 71.4 Å². The molecule has 0 aliphatic carbocycles. The second-order valence-corrected chi connectivity index (χ2v) is 6.81. The molecule has 0 unspecified atom stereocenters. The Bertz CT molecular complexity index is 1350. The van der Waals surface area contributed by atoms with Crippen LogP contribution in [-0.4, -0.2) is 25.9 Å². The number of hydrogen-bond acceptors (Lipinski definition) is 4. The summed E-state index contributed by atoms with van der Waals surface area (Å²) in [5, 5.41) is 20.1. The first-order chi connectivity index (χ1) is 14.2. The first kappa shape index (κ1) is 17.0. The number of amides is 1. The average Bonchev–Trinajstić information content (AvgIpc) is 3.32. The van der Waals surface area contributed by atoms with Crippen molar-refractivity contribution in [2.24, 2.45) is 0 Å². The van der Waals surface area contributed by atoms with Crippen molar-refractivity contribution in [2.75, 3.05) is 10.6 Å². The lowest BCUT2D eigenvalue weighted by Crippen LogP contribution is -2.06. The Hall–Kier alpha value is -4.13. The van der Waals surface area contributed by atoms with Crippen molar-refractivity contribution in [3.8, 4) is 5.69 Å². The van der Waals surface area contributed by atoms with E-state index in [2.05, 4.69) is 20.8 Å². The topological polar surface area (TPSA) is 87.6 Å². The molecule has 2 heterocycles. The largest absolute Gasteiger partial charge is 0.338 e. The Morgan fingerprint density at radius 2 is 1.90 bits per heavy atom. The van der Waals surface area contributed by atoms with Gasteiger partial charge in [0.15, 0.2) is 5.82 Å². The lowest BCUT2D eigenvalue weighted by molar-refractivity contribution is -0.114. The van der Waals surface area contributed by atoms with Crippen LogP contribution in [0.5, 0.6) is 0 Å². The molecule has 0 aliphatic heterocycles. The highest BCUT2D eigenvalue weighted by Gasteiger charge is 2.12. The highest BCUT2D eigenvalue weighted by atomic mass is 16.1. The monoisotopic (exact) mass is 382 g/mol. The molecule has 3 N–H and O–H groups in total. The van der Waals surface area contributed by atoms with Gasteiger partial charge in [0.05, 0.1) is 22.9 Å². The molecule has 3 aromatic carbocycles. The molecule has 7 heteroatoms. The normalized spacial score (nSPS) is 11.1. The van der Waals surface area contributed by atoms with Crippen LogP contribution in [0.3, 0.4) is 0 Å². The third-order valence-electron chi connectivity index (χ3n) is 4.70. The molecule has 0 radical (unpaired) electrons. The summed E-state index contributed by atoms with van der Waals surface area (Å²) in [6.07, 6.45) is 1.80. The molecule has 0 atom stereocenters. The number of benzene rings is 3. The quantitative estimate of drug-likeness (QED) is 0.424. The maximum atomic E-state index is 11.4. The van der Waals surface area contributed by atoms with Gasteiger partial charge in [-0.1, -0.05) is 18.2 Å². The summed E-state index contributed by atoms with van der Waals surface area (Å²) in [6.45, 7) is 1.49. The summed E-state index contributed by atoms with van der Waals surface area (Å²) >= 11 is 0. The van der Waals surface area contributed by atoms with E-state index in [1.54, 1.807) is 6.20 Å². The number of rotatable bonds is 4. The van der Waals surface area contributed by atoms with Crippen molar-refractivity contribution in [3.05, 3.63) is 72.9 Å². The number of carbonyl (C=O) groups excluding carboxylic acids is 1. The first-order valence-electron chi connectivity index (χ1n) is 9.23. The van der Waals surface area contributed by atoms with Crippen LogP contribution in [0.15, 0.2) is 72.9 Å². The molecule has 0 fully saturated rings. The summed E-state index contributed by atoms with van der Waals surface area (Å²) in [5.74, 6) is 0.651. The molecule has 0 saturated heterocycles. The molecule has 0 spiro atoms. The fourth-order valence-electron chi connectivity index (χ4n) is 3.43.